The molecule has 2 aromatic rings. The first kappa shape index (κ1) is 20.4. The fourth-order valence-electron chi connectivity index (χ4n) is 2.98. The predicted molar refractivity (Wildman–Crippen MR) is 101 cm³/mol. The molecule has 2 heterocycles. The number of hydrogen-bond acceptors (Lipinski definition) is 5. The van der Waals surface area contributed by atoms with E-state index in [4.69, 9.17) is 4.74 Å². The molecule has 0 bridgehead atoms. The number of carbonyl (C=O) groups is 1. The summed E-state index contributed by atoms with van der Waals surface area (Å²) >= 11 is 0. The summed E-state index contributed by atoms with van der Waals surface area (Å²) in [6.07, 6.45) is 3.77. The van der Waals surface area contributed by atoms with Crippen LogP contribution in [-0.2, 0) is 17.9 Å². The average Bonchev–Trinajstić information content (AvgIpc) is 3.16. The average molecular weight is 380 g/mol. The number of aromatic nitrogens is 3. The Bertz CT molecular complexity index is 700. The lowest BCUT2D eigenvalue weighted by Crippen LogP contribution is -2.29. The van der Waals surface area contributed by atoms with Gasteiger partial charge in [-0.05, 0) is 44.0 Å². The Hall–Kier alpha value is -1.96. The highest BCUT2D eigenvalue weighted by Gasteiger charge is 2.18. The number of ether oxygens (including phenoxy) is 1. The number of hydrogen-bond donors (Lipinski definition) is 2. The van der Waals surface area contributed by atoms with Gasteiger partial charge in [-0.2, -0.15) is 0 Å². The van der Waals surface area contributed by atoms with Crippen molar-refractivity contribution in [2.75, 3.05) is 19.7 Å². The maximum absolute atomic E-state index is 12.4. The summed E-state index contributed by atoms with van der Waals surface area (Å²) in [5.74, 6) is -0.202. The molecule has 26 heavy (non-hydrogen) atoms. The number of rotatable bonds is 7. The van der Waals surface area contributed by atoms with E-state index in [0.29, 0.717) is 31.5 Å². The lowest BCUT2D eigenvalue weighted by Gasteiger charge is -2.22. The van der Waals surface area contributed by atoms with Gasteiger partial charge in [0.2, 0.25) is 0 Å². The minimum absolute atomic E-state index is 0. The molecule has 1 fully saturated rings. The quantitative estimate of drug-likeness (QED) is 0.769. The molecule has 1 saturated heterocycles. The van der Waals surface area contributed by atoms with Gasteiger partial charge in [-0.25, -0.2) is 4.68 Å². The van der Waals surface area contributed by atoms with Gasteiger partial charge >= 0.3 is 0 Å². The normalized spacial score (nSPS) is 14.7. The highest BCUT2D eigenvalue weighted by molar-refractivity contribution is 5.91. The third-order valence-electron chi connectivity index (χ3n) is 4.45. The minimum Gasteiger partial charge on any atom is -0.377 e. The van der Waals surface area contributed by atoms with Gasteiger partial charge in [-0.1, -0.05) is 29.5 Å². The molecule has 8 heteroatoms. The fraction of sp³-hybridized carbons (Fsp3) is 0.500. The van der Waals surface area contributed by atoms with Crippen LogP contribution in [0.4, 0.5) is 0 Å². The number of nitrogens with zero attached hydrogens (tertiary/aromatic N) is 3. The van der Waals surface area contributed by atoms with Crippen molar-refractivity contribution in [2.45, 2.75) is 39.0 Å². The lowest BCUT2D eigenvalue weighted by molar-refractivity contribution is 0.0944. The number of nitrogens with one attached hydrogen (secondary N) is 2. The van der Waals surface area contributed by atoms with Gasteiger partial charge in [0.1, 0.15) is 0 Å². The maximum Gasteiger partial charge on any atom is 0.273 e. The summed E-state index contributed by atoms with van der Waals surface area (Å²) in [5.41, 5.74) is 2.50. The number of halogens is 1. The molecule has 3 rings (SSSR count). The summed E-state index contributed by atoms with van der Waals surface area (Å²) in [6.45, 7) is 5.58. The zero-order chi connectivity index (χ0) is 17.5. The number of piperidine rings is 1. The molecular formula is C18H26ClN5O2. The number of carbonyl (C=O) groups excluding carboxylic acids is 1. The Labute approximate surface area is 159 Å². The summed E-state index contributed by atoms with van der Waals surface area (Å²) in [6, 6.07) is 8.28. The molecule has 142 valence electrons. The molecule has 2 N–H and O–H groups in total. The second kappa shape index (κ2) is 10.3. The summed E-state index contributed by atoms with van der Waals surface area (Å²) in [4.78, 5) is 12.4. The van der Waals surface area contributed by atoms with E-state index in [1.165, 1.54) is 0 Å². The van der Waals surface area contributed by atoms with Gasteiger partial charge in [0, 0.05) is 13.2 Å². The summed E-state index contributed by atoms with van der Waals surface area (Å²) in [7, 11) is 0. The lowest BCUT2D eigenvalue weighted by atomic mass is 10.1. The standard InChI is InChI=1S/C18H25N5O2.ClH/c1-2-25-13-15-6-4-3-5-14(15)11-20-18(24)17-12-23(22-21-17)16-7-9-19-10-8-16;/h3-6,12,16,19H,2,7-11,13H2,1H3,(H,20,24);1H. The predicted octanol–water partition coefficient (Wildman–Crippen LogP) is 2.09. The molecular weight excluding hydrogens is 354 g/mol. The van der Waals surface area contributed by atoms with Crippen molar-refractivity contribution in [1.82, 2.24) is 25.6 Å². The Morgan fingerprint density at radius 3 is 2.77 bits per heavy atom. The monoisotopic (exact) mass is 379 g/mol. The van der Waals surface area contributed by atoms with E-state index in [-0.39, 0.29) is 18.3 Å². The molecule has 0 atom stereocenters. The summed E-state index contributed by atoms with van der Waals surface area (Å²) < 4.78 is 7.30. The van der Waals surface area contributed by atoms with Crippen molar-refractivity contribution in [1.29, 1.82) is 0 Å². The zero-order valence-corrected chi connectivity index (χ0v) is 15.8. The van der Waals surface area contributed by atoms with Gasteiger partial charge in [0.15, 0.2) is 5.69 Å². The van der Waals surface area contributed by atoms with E-state index < -0.39 is 0 Å². The van der Waals surface area contributed by atoms with Crippen molar-refractivity contribution in [3.05, 3.63) is 47.3 Å². The second-order valence-electron chi connectivity index (χ2n) is 6.15. The molecule has 7 nitrogen and oxygen atoms in total. The van der Waals surface area contributed by atoms with Crippen molar-refractivity contribution in [3.63, 3.8) is 0 Å². The molecule has 0 unspecified atom stereocenters. The first-order chi connectivity index (χ1) is 12.3. The van der Waals surface area contributed by atoms with Gasteiger partial charge < -0.3 is 15.4 Å². The third kappa shape index (κ3) is 5.27. The number of amides is 1. The molecule has 0 saturated carbocycles. The SMILES string of the molecule is CCOCc1ccccc1CNC(=O)c1cn(C2CCNCC2)nn1.Cl. The Kier molecular flexibility index (Phi) is 8.03. The fourth-order valence-corrected chi connectivity index (χ4v) is 2.98. The molecule has 0 spiro atoms. The third-order valence-corrected chi connectivity index (χ3v) is 4.45. The van der Waals surface area contributed by atoms with E-state index in [2.05, 4.69) is 20.9 Å². The van der Waals surface area contributed by atoms with Gasteiger partial charge in [0.05, 0.1) is 18.8 Å². The van der Waals surface area contributed by atoms with E-state index >= 15 is 0 Å². The van der Waals surface area contributed by atoms with Crippen LogP contribution in [0.2, 0.25) is 0 Å². The Balaban J connectivity index is 0.00000243. The van der Waals surface area contributed by atoms with Gasteiger partial charge in [0.25, 0.3) is 5.91 Å². The number of benzene rings is 1. The van der Waals surface area contributed by atoms with Crippen LogP contribution in [0.15, 0.2) is 30.5 Å². The van der Waals surface area contributed by atoms with Crippen LogP contribution in [0.5, 0.6) is 0 Å². The smallest absolute Gasteiger partial charge is 0.273 e. The van der Waals surface area contributed by atoms with E-state index in [1.54, 1.807) is 6.20 Å². The van der Waals surface area contributed by atoms with E-state index in [0.717, 1.165) is 37.1 Å². The van der Waals surface area contributed by atoms with Crippen molar-refractivity contribution < 1.29 is 9.53 Å². The van der Waals surface area contributed by atoms with Gasteiger partial charge in [-0.3, -0.25) is 4.79 Å². The van der Waals surface area contributed by atoms with Crippen molar-refractivity contribution in [3.8, 4) is 0 Å². The van der Waals surface area contributed by atoms with Crippen molar-refractivity contribution >= 4 is 18.3 Å². The molecule has 1 aliphatic rings. The maximum atomic E-state index is 12.4. The minimum atomic E-state index is -0.202. The zero-order valence-electron chi connectivity index (χ0n) is 15.0. The van der Waals surface area contributed by atoms with Crippen LogP contribution >= 0.6 is 12.4 Å². The van der Waals surface area contributed by atoms with Crippen LogP contribution in [-0.4, -0.2) is 40.6 Å². The van der Waals surface area contributed by atoms with Crippen LogP contribution in [0, 0.1) is 0 Å². The van der Waals surface area contributed by atoms with Crippen molar-refractivity contribution in [2.24, 2.45) is 0 Å². The largest absolute Gasteiger partial charge is 0.377 e. The summed E-state index contributed by atoms with van der Waals surface area (Å²) in [5, 5.41) is 14.4. The van der Waals surface area contributed by atoms with E-state index in [1.807, 2.05) is 35.9 Å². The molecule has 0 aliphatic carbocycles. The highest BCUT2D eigenvalue weighted by atomic mass is 35.5. The second-order valence-corrected chi connectivity index (χ2v) is 6.15. The Morgan fingerprint density at radius 1 is 1.31 bits per heavy atom. The Morgan fingerprint density at radius 2 is 2.04 bits per heavy atom. The van der Waals surface area contributed by atoms with Crippen LogP contribution in [0.25, 0.3) is 0 Å². The van der Waals surface area contributed by atoms with Gasteiger partial charge in [-0.15, -0.1) is 17.5 Å². The highest BCUT2D eigenvalue weighted by Crippen LogP contribution is 2.17. The molecule has 1 aliphatic heterocycles. The molecule has 1 aromatic carbocycles. The van der Waals surface area contributed by atoms with E-state index in [9.17, 15) is 4.79 Å². The van der Waals surface area contributed by atoms with Crippen LogP contribution in [0.1, 0.15) is 47.4 Å². The van der Waals surface area contributed by atoms with Crippen LogP contribution < -0.4 is 10.6 Å². The van der Waals surface area contributed by atoms with Crippen LogP contribution in [0.3, 0.4) is 0 Å². The molecule has 1 amide bonds. The first-order valence-electron chi connectivity index (χ1n) is 8.83. The first-order valence-corrected chi connectivity index (χ1v) is 8.83. The molecule has 0 radical (unpaired) electrons. The molecule has 1 aromatic heterocycles. The topological polar surface area (TPSA) is 81.1 Å².